The lowest BCUT2D eigenvalue weighted by molar-refractivity contribution is -0.119. The standard InChI is InChI=1S/C13H18N4O2/c1-10-4-5-16-13(11(10)8-14)17(2)9-12(18)15-6-7-19-3/h4-5H,6-7,9H2,1-3H3,(H,15,18). The lowest BCUT2D eigenvalue weighted by atomic mass is 10.1. The predicted octanol–water partition coefficient (Wildman–Crippen LogP) is 0.461. The van der Waals surface area contributed by atoms with Crippen LogP contribution in [0.5, 0.6) is 0 Å². The van der Waals surface area contributed by atoms with Crippen molar-refractivity contribution in [2.45, 2.75) is 6.92 Å². The predicted molar refractivity (Wildman–Crippen MR) is 71.8 cm³/mol. The van der Waals surface area contributed by atoms with Gasteiger partial charge in [-0.15, -0.1) is 0 Å². The average molecular weight is 262 g/mol. The first-order valence-electron chi connectivity index (χ1n) is 5.92. The highest BCUT2D eigenvalue weighted by Gasteiger charge is 2.13. The molecule has 1 rings (SSSR count). The fourth-order valence-corrected chi connectivity index (χ4v) is 1.61. The molecule has 0 saturated carbocycles. The second kappa shape index (κ2) is 7.34. The van der Waals surface area contributed by atoms with E-state index in [1.165, 1.54) is 0 Å². The number of hydrogen-bond donors (Lipinski definition) is 1. The van der Waals surface area contributed by atoms with E-state index < -0.39 is 0 Å². The van der Waals surface area contributed by atoms with Crippen LogP contribution >= 0.6 is 0 Å². The SMILES string of the molecule is COCCNC(=O)CN(C)c1nccc(C)c1C#N. The minimum absolute atomic E-state index is 0.133. The molecule has 0 atom stereocenters. The van der Waals surface area contributed by atoms with Crippen molar-refractivity contribution < 1.29 is 9.53 Å². The van der Waals surface area contributed by atoms with E-state index >= 15 is 0 Å². The molecule has 0 radical (unpaired) electrons. The summed E-state index contributed by atoms with van der Waals surface area (Å²) in [5, 5.41) is 11.8. The number of carbonyl (C=O) groups is 1. The van der Waals surface area contributed by atoms with E-state index in [1.807, 2.05) is 6.92 Å². The third kappa shape index (κ3) is 4.23. The second-order valence-electron chi connectivity index (χ2n) is 4.14. The first kappa shape index (κ1) is 14.9. The molecule has 19 heavy (non-hydrogen) atoms. The van der Waals surface area contributed by atoms with Crippen molar-refractivity contribution in [1.82, 2.24) is 10.3 Å². The smallest absolute Gasteiger partial charge is 0.239 e. The first-order valence-corrected chi connectivity index (χ1v) is 5.92. The monoisotopic (exact) mass is 262 g/mol. The Morgan fingerprint density at radius 3 is 3.00 bits per heavy atom. The first-order chi connectivity index (χ1) is 9.10. The van der Waals surface area contributed by atoms with Crippen molar-refractivity contribution in [3.05, 3.63) is 23.4 Å². The number of aromatic nitrogens is 1. The number of aryl methyl sites for hydroxylation is 1. The molecule has 1 aromatic rings. The Balaban J connectivity index is 2.68. The van der Waals surface area contributed by atoms with E-state index in [4.69, 9.17) is 10.00 Å². The second-order valence-corrected chi connectivity index (χ2v) is 4.14. The normalized spacial score (nSPS) is 9.79. The van der Waals surface area contributed by atoms with Gasteiger partial charge in [-0.25, -0.2) is 4.98 Å². The van der Waals surface area contributed by atoms with Crippen LogP contribution in [0.4, 0.5) is 5.82 Å². The van der Waals surface area contributed by atoms with Gasteiger partial charge in [-0.05, 0) is 18.6 Å². The summed E-state index contributed by atoms with van der Waals surface area (Å²) in [6.45, 7) is 2.93. The highest BCUT2D eigenvalue weighted by molar-refractivity contribution is 5.81. The van der Waals surface area contributed by atoms with Crippen LogP contribution < -0.4 is 10.2 Å². The zero-order chi connectivity index (χ0) is 14.3. The van der Waals surface area contributed by atoms with Crippen LogP contribution in [0.15, 0.2) is 12.3 Å². The van der Waals surface area contributed by atoms with Gasteiger partial charge in [0, 0.05) is 26.9 Å². The van der Waals surface area contributed by atoms with Gasteiger partial charge in [0.25, 0.3) is 0 Å². The summed E-state index contributed by atoms with van der Waals surface area (Å²) in [4.78, 5) is 17.5. The van der Waals surface area contributed by atoms with Crippen LogP contribution in [0, 0.1) is 18.3 Å². The number of methoxy groups -OCH3 is 1. The number of ether oxygens (including phenoxy) is 1. The molecule has 0 aliphatic rings. The number of amides is 1. The molecule has 0 aromatic carbocycles. The Bertz CT molecular complexity index is 482. The third-order valence-corrected chi connectivity index (χ3v) is 2.62. The van der Waals surface area contributed by atoms with Gasteiger partial charge in [0.1, 0.15) is 11.9 Å². The summed E-state index contributed by atoms with van der Waals surface area (Å²) >= 11 is 0. The molecule has 0 aliphatic carbocycles. The molecular weight excluding hydrogens is 244 g/mol. The molecule has 6 nitrogen and oxygen atoms in total. The largest absolute Gasteiger partial charge is 0.383 e. The molecule has 0 fully saturated rings. The van der Waals surface area contributed by atoms with Crippen molar-refractivity contribution in [2.24, 2.45) is 0 Å². The van der Waals surface area contributed by atoms with Gasteiger partial charge in [-0.3, -0.25) is 4.79 Å². The van der Waals surface area contributed by atoms with Gasteiger partial charge >= 0.3 is 0 Å². The highest BCUT2D eigenvalue weighted by Crippen LogP contribution is 2.18. The number of pyridine rings is 1. The number of nitrogens with one attached hydrogen (secondary N) is 1. The maximum absolute atomic E-state index is 11.7. The summed E-state index contributed by atoms with van der Waals surface area (Å²) in [5.41, 5.74) is 1.34. The van der Waals surface area contributed by atoms with Crippen LogP contribution in [0.1, 0.15) is 11.1 Å². The molecule has 0 aliphatic heterocycles. The zero-order valence-corrected chi connectivity index (χ0v) is 11.4. The van der Waals surface area contributed by atoms with Crippen molar-refractivity contribution in [1.29, 1.82) is 5.26 Å². The van der Waals surface area contributed by atoms with Crippen molar-refractivity contribution in [2.75, 3.05) is 38.8 Å². The van der Waals surface area contributed by atoms with Gasteiger partial charge in [0.2, 0.25) is 5.91 Å². The molecule has 1 amide bonds. The summed E-state index contributed by atoms with van der Waals surface area (Å²) in [6, 6.07) is 3.89. The molecule has 6 heteroatoms. The van der Waals surface area contributed by atoms with Crippen LogP contribution in [-0.4, -0.2) is 44.7 Å². The number of carbonyl (C=O) groups excluding carboxylic acids is 1. The minimum Gasteiger partial charge on any atom is -0.383 e. The fraction of sp³-hybridized carbons (Fsp3) is 0.462. The highest BCUT2D eigenvalue weighted by atomic mass is 16.5. The van der Waals surface area contributed by atoms with E-state index in [1.54, 1.807) is 31.3 Å². The molecule has 0 saturated heterocycles. The zero-order valence-electron chi connectivity index (χ0n) is 11.4. The molecule has 0 bridgehead atoms. The van der Waals surface area contributed by atoms with Gasteiger partial charge in [-0.2, -0.15) is 5.26 Å². The van der Waals surface area contributed by atoms with E-state index in [0.717, 1.165) is 5.56 Å². The van der Waals surface area contributed by atoms with E-state index in [0.29, 0.717) is 24.5 Å². The summed E-state index contributed by atoms with van der Waals surface area (Å²) in [6.07, 6.45) is 1.63. The third-order valence-electron chi connectivity index (χ3n) is 2.62. The molecule has 102 valence electrons. The summed E-state index contributed by atoms with van der Waals surface area (Å²) in [7, 11) is 3.31. The van der Waals surface area contributed by atoms with E-state index in [2.05, 4.69) is 16.4 Å². The van der Waals surface area contributed by atoms with Crippen molar-refractivity contribution in [3.8, 4) is 6.07 Å². The summed E-state index contributed by atoms with van der Waals surface area (Å²) in [5.74, 6) is 0.385. The minimum atomic E-state index is -0.133. The number of hydrogen-bond acceptors (Lipinski definition) is 5. The van der Waals surface area contributed by atoms with Crippen molar-refractivity contribution in [3.63, 3.8) is 0 Å². The van der Waals surface area contributed by atoms with Crippen LogP contribution in [0.25, 0.3) is 0 Å². The Morgan fingerprint density at radius 2 is 2.37 bits per heavy atom. The number of nitrogens with zero attached hydrogens (tertiary/aromatic N) is 3. The number of rotatable bonds is 6. The van der Waals surface area contributed by atoms with Crippen LogP contribution in [0.3, 0.4) is 0 Å². The Kier molecular flexibility index (Phi) is 5.76. The fourth-order valence-electron chi connectivity index (χ4n) is 1.61. The number of anilines is 1. The number of nitriles is 1. The topological polar surface area (TPSA) is 78.2 Å². The quantitative estimate of drug-likeness (QED) is 0.754. The lowest BCUT2D eigenvalue weighted by Crippen LogP contribution is -2.37. The Labute approximate surface area is 113 Å². The molecule has 1 heterocycles. The molecule has 0 unspecified atom stereocenters. The van der Waals surface area contributed by atoms with Gasteiger partial charge < -0.3 is 15.0 Å². The van der Waals surface area contributed by atoms with Crippen LogP contribution in [-0.2, 0) is 9.53 Å². The maximum Gasteiger partial charge on any atom is 0.239 e. The van der Waals surface area contributed by atoms with Crippen LogP contribution in [0.2, 0.25) is 0 Å². The molecule has 0 spiro atoms. The van der Waals surface area contributed by atoms with Gasteiger partial charge in [0.15, 0.2) is 0 Å². The van der Waals surface area contributed by atoms with Crippen molar-refractivity contribution >= 4 is 11.7 Å². The Hall–Kier alpha value is -2.13. The lowest BCUT2D eigenvalue weighted by Gasteiger charge is -2.19. The molecule has 1 aromatic heterocycles. The number of likely N-dealkylation sites (N-methyl/N-ethyl adjacent to an activating group) is 1. The maximum atomic E-state index is 11.7. The van der Waals surface area contributed by atoms with E-state index in [9.17, 15) is 4.79 Å². The summed E-state index contributed by atoms with van der Waals surface area (Å²) < 4.78 is 4.85. The molecular formula is C13H18N4O2. The Morgan fingerprint density at radius 1 is 1.63 bits per heavy atom. The van der Waals surface area contributed by atoms with Gasteiger partial charge in [0.05, 0.1) is 18.7 Å². The van der Waals surface area contributed by atoms with Gasteiger partial charge in [-0.1, -0.05) is 0 Å². The van der Waals surface area contributed by atoms with E-state index in [-0.39, 0.29) is 12.5 Å². The average Bonchev–Trinajstić information content (AvgIpc) is 2.38. The molecule has 1 N–H and O–H groups in total.